The summed E-state index contributed by atoms with van der Waals surface area (Å²) in [4.78, 5) is 26.4. The van der Waals surface area contributed by atoms with Gasteiger partial charge in [-0.1, -0.05) is 33.6 Å². The summed E-state index contributed by atoms with van der Waals surface area (Å²) in [6.07, 6.45) is 1.27. The first-order valence-corrected chi connectivity index (χ1v) is 9.50. The van der Waals surface area contributed by atoms with E-state index in [-0.39, 0.29) is 22.0 Å². The predicted molar refractivity (Wildman–Crippen MR) is 111 cm³/mol. The molecule has 2 amide bonds. The zero-order valence-electron chi connectivity index (χ0n) is 12.8. The number of aromatic hydroxyl groups is 1. The number of anilines is 1. The van der Waals surface area contributed by atoms with Crippen molar-refractivity contribution < 1.29 is 14.7 Å². The fourth-order valence-corrected chi connectivity index (χ4v) is 3.86. The van der Waals surface area contributed by atoms with Crippen LogP contribution in [0.2, 0.25) is 5.02 Å². The van der Waals surface area contributed by atoms with Crippen molar-refractivity contribution in [3.05, 3.63) is 61.5 Å². The molecule has 2 aromatic rings. The number of amides is 2. The van der Waals surface area contributed by atoms with Gasteiger partial charge in [-0.25, -0.2) is 0 Å². The third-order valence-electron chi connectivity index (χ3n) is 3.53. The Balaban J connectivity index is 2.09. The van der Waals surface area contributed by atoms with Crippen LogP contribution in [0.15, 0.2) is 50.9 Å². The van der Waals surface area contributed by atoms with Crippen molar-refractivity contribution in [1.29, 1.82) is 0 Å². The van der Waals surface area contributed by atoms with Gasteiger partial charge in [-0.15, -0.1) is 0 Å². The van der Waals surface area contributed by atoms with Gasteiger partial charge in [0.15, 0.2) is 5.11 Å². The number of thiocarbonyl (C=S) groups is 1. The summed E-state index contributed by atoms with van der Waals surface area (Å²) < 4.78 is 1.10. The molecule has 1 saturated heterocycles. The number of halogens is 3. The summed E-state index contributed by atoms with van der Waals surface area (Å²) in [5.41, 5.74) is 0.546. The minimum atomic E-state index is -0.651. The number of carbonyl (C=O) groups is 2. The number of hydrogen-bond donors (Lipinski definition) is 2. The highest BCUT2D eigenvalue weighted by Gasteiger charge is 2.34. The fourth-order valence-electron chi connectivity index (χ4n) is 2.36. The smallest absolute Gasteiger partial charge is 0.270 e. The van der Waals surface area contributed by atoms with Gasteiger partial charge >= 0.3 is 0 Å². The van der Waals surface area contributed by atoms with Gasteiger partial charge in [-0.05, 0) is 64.6 Å². The predicted octanol–water partition coefficient (Wildman–Crippen LogP) is 4.40. The summed E-state index contributed by atoms with van der Waals surface area (Å²) in [7, 11) is 0. The van der Waals surface area contributed by atoms with Crippen molar-refractivity contribution in [3.63, 3.8) is 0 Å². The van der Waals surface area contributed by atoms with Crippen molar-refractivity contribution in [2.24, 2.45) is 0 Å². The standard InChI is InChI=1S/C17H9Br2ClN2O3S/c18-9-2-1-3-11(6-9)22-16(25)12(15(24)21-17(22)26)5-8-4-10(20)7-13(19)14(8)23/h1-7,23H,(H,21,24,26)/b12-5+. The van der Waals surface area contributed by atoms with E-state index in [1.807, 2.05) is 0 Å². The molecule has 1 heterocycles. The van der Waals surface area contributed by atoms with E-state index in [4.69, 9.17) is 23.8 Å². The lowest BCUT2D eigenvalue weighted by Crippen LogP contribution is -2.54. The quantitative estimate of drug-likeness (QED) is 0.353. The van der Waals surface area contributed by atoms with Gasteiger partial charge in [0, 0.05) is 15.1 Å². The van der Waals surface area contributed by atoms with Crippen LogP contribution in [0, 0.1) is 0 Å². The first-order valence-electron chi connectivity index (χ1n) is 7.13. The van der Waals surface area contributed by atoms with Crippen molar-refractivity contribution in [3.8, 4) is 5.75 Å². The van der Waals surface area contributed by atoms with E-state index < -0.39 is 11.8 Å². The Morgan fingerprint density at radius 2 is 1.92 bits per heavy atom. The number of nitrogens with one attached hydrogen (secondary N) is 1. The Labute approximate surface area is 175 Å². The van der Waals surface area contributed by atoms with Crippen LogP contribution in [0.3, 0.4) is 0 Å². The molecule has 132 valence electrons. The molecule has 5 nitrogen and oxygen atoms in total. The topological polar surface area (TPSA) is 69.6 Å². The van der Waals surface area contributed by atoms with Crippen LogP contribution in [0.5, 0.6) is 5.75 Å². The van der Waals surface area contributed by atoms with Crippen molar-refractivity contribution >= 4 is 84.4 Å². The number of phenols is 1. The van der Waals surface area contributed by atoms with Crippen LogP contribution < -0.4 is 10.2 Å². The van der Waals surface area contributed by atoms with Gasteiger partial charge in [0.2, 0.25) is 0 Å². The van der Waals surface area contributed by atoms with Crippen molar-refractivity contribution in [2.45, 2.75) is 0 Å². The summed E-state index contributed by atoms with van der Waals surface area (Å²) in [5, 5.41) is 13.0. The molecule has 26 heavy (non-hydrogen) atoms. The van der Waals surface area contributed by atoms with Crippen molar-refractivity contribution in [1.82, 2.24) is 5.32 Å². The van der Waals surface area contributed by atoms with E-state index in [1.165, 1.54) is 23.1 Å². The summed E-state index contributed by atoms with van der Waals surface area (Å²) >= 11 is 17.6. The zero-order chi connectivity index (χ0) is 19.0. The molecule has 9 heteroatoms. The molecule has 1 fully saturated rings. The first-order chi connectivity index (χ1) is 12.3. The van der Waals surface area contributed by atoms with E-state index >= 15 is 0 Å². The minimum absolute atomic E-state index is 0.0215. The second-order valence-corrected chi connectivity index (χ2v) is 7.86. The molecule has 0 aromatic heterocycles. The number of carbonyl (C=O) groups excluding carboxylic acids is 2. The molecule has 0 bridgehead atoms. The highest BCUT2D eigenvalue weighted by atomic mass is 79.9. The Hall–Kier alpha value is -1.74. The molecule has 0 atom stereocenters. The molecule has 1 aliphatic rings. The molecule has 2 aromatic carbocycles. The van der Waals surface area contributed by atoms with Crippen LogP contribution in [0.25, 0.3) is 6.08 Å². The van der Waals surface area contributed by atoms with Gasteiger partial charge in [-0.2, -0.15) is 0 Å². The van der Waals surface area contributed by atoms with Gasteiger partial charge < -0.3 is 5.11 Å². The summed E-state index contributed by atoms with van der Waals surface area (Å²) in [6, 6.07) is 9.90. The lowest BCUT2D eigenvalue weighted by atomic mass is 10.1. The molecule has 0 unspecified atom stereocenters. The highest BCUT2D eigenvalue weighted by Crippen LogP contribution is 2.33. The second kappa shape index (κ2) is 7.48. The van der Waals surface area contributed by atoms with E-state index in [2.05, 4.69) is 37.2 Å². The largest absolute Gasteiger partial charge is 0.506 e. The third kappa shape index (κ3) is 3.68. The van der Waals surface area contributed by atoms with Crippen LogP contribution >= 0.6 is 55.7 Å². The number of rotatable bonds is 2. The maximum atomic E-state index is 12.9. The Morgan fingerprint density at radius 3 is 2.62 bits per heavy atom. The van der Waals surface area contributed by atoms with E-state index in [9.17, 15) is 14.7 Å². The summed E-state index contributed by atoms with van der Waals surface area (Å²) in [6.45, 7) is 0. The van der Waals surface area contributed by atoms with E-state index in [1.54, 1.807) is 24.3 Å². The van der Waals surface area contributed by atoms with Crippen LogP contribution in [0.1, 0.15) is 5.56 Å². The average Bonchev–Trinajstić information content (AvgIpc) is 2.55. The van der Waals surface area contributed by atoms with Crippen LogP contribution in [0.4, 0.5) is 5.69 Å². The number of benzene rings is 2. The van der Waals surface area contributed by atoms with Crippen LogP contribution in [-0.4, -0.2) is 22.0 Å². The first kappa shape index (κ1) is 19.0. The van der Waals surface area contributed by atoms with Gasteiger partial charge in [0.25, 0.3) is 11.8 Å². The molecular formula is C17H9Br2ClN2O3S. The molecular weight excluding hydrogens is 508 g/mol. The second-order valence-electron chi connectivity index (χ2n) is 5.26. The normalized spacial score (nSPS) is 16.2. The molecule has 0 aliphatic carbocycles. The maximum Gasteiger partial charge on any atom is 0.270 e. The van der Waals surface area contributed by atoms with E-state index in [0.29, 0.717) is 15.2 Å². The Morgan fingerprint density at radius 1 is 1.19 bits per heavy atom. The molecule has 3 rings (SSSR count). The van der Waals surface area contributed by atoms with E-state index in [0.717, 1.165) is 4.47 Å². The number of hydrogen-bond acceptors (Lipinski definition) is 4. The zero-order valence-corrected chi connectivity index (χ0v) is 17.5. The maximum absolute atomic E-state index is 12.9. The molecule has 0 radical (unpaired) electrons. The lowest BCUT2D eigenvalue weighted by molar-refractivity contribution is -0.122. The molecule has 2 N–H and O–H groups in total. The third-order valence-corrected chi connectivity index (χ3v) is 5.13. The van der Waals surface area contributed by atoms with Gasteiger partial charge in [-0.3, -0.25) is 19.8 Å². The molecule has 1 aliphatic heterocycles. The minimum Gasteiger partial charge on any atom is -0.506 e. The highest BCUT2D eigenvalue weighted by molar-refractivity contribution is 9.10. The molecule has 0 spiro atoms. The van der Waals surface area contributed by atoms with Crippen molar-refractivity contribution in [2.75, 3.05) is 4.90 Å². The SMILES string of the molecule is O=C1NC(=S)N(c2cccc(Br)c2)C(=O)/C1=C/c1cc(Cl)cc(Br)c1O. The number of phenolic OH excluding ortho intramolecular Hbond substituents is 1. The lowest BCUT2D eigenvalue weighted by Gasteiger charge is -2.29. The molecule has 0 saturated carbocycles. The fraction of sp³-hybridized carbons (Fsp3) is 0. The van der Waals surface area contributed by atoms with Gasteiger partial charge in [0.1, 0.15) is 11.3 Å². The average molecular weight is 517 g/mol. The van der Waals surface area contributed by atoms with Crippen LogP contribution in [-0.2, 0) is 9.59 Å². The Kier molecular flexibility index (Phi) is 5.47. The summed E-state index contributed by atoms with van der Waals surface area (Å²) in [5.74, 6) is -1.39. The number of nitrogens with zero attached hydrogens (tertiary/aromatic N) is 1. The monoisotopic (exact) mass is 514 g/mol. The Bertz CT molecular complexity index is 994. The van der Waals surface area contributed by atoms with Gasteiger partial charge in [0.05, 0.1) is 10.2 Å².